The number of ether oxygens (including phenoxy) is 3. The van der Waals surface area contributed by atoms with E-state index >= 15 is 0 Å². The summed E-state index contributed by atoms with van der Waals surface area (Å²) in [5.74, 6) is -0.317. The smallest absolute Gasteiger partial charge is 0.196 e. The van der Waals surface area contributed by atoms with Gasteiger partial charge in [0, 0.05) is 25.6 Å². The van der Waals surface area contributed by atoms with Crippen LogP contribution in [0.3, 0.4) is 0 Å². The van der Waals surface area contributed by atoms with E-state index in [1.807, 2.05) is 6.92 Å². The highest BCUT2D eigenvalue weighted by molar-refractivity contribution is 5.34. The van der Waals surface area contributed by atoms with Gasteiger partial charge >= 0.3 is 0 Å². The number of methoxy groups -OCH3 is 1. The molecule has 4 heteroatoms. The molecule has 3 aliphatic rings. The molecule has 3 rings (SSSR count). The van der Waals surface area contributed by atoms with Crippen LogP contribution in [0.15, 0.2) is 11.1 Å². The molecule has 0 radical (unpaired) electrons. The van der Waals surface area contributed by atoms with Crippen LogP contribution >= 0.6 is 0 Å². The highest BCUT2D eigenvalue weighted by Crippen LogP contribution is 2.62. The largest absolute Gasteiger partial charge is 0.389 e. The van der Waals surface area contributed by atoms with Crippen LogP contribution in [0.5, 0.6) is 0 Å². The summed E-state index contributed by atoms with van der Waals surface area (Å²) in [4.78, 5) is 0. The minimum atomic E-state index is -0.810. The molecule has 0 aromatic rings. The second kappa shape index (κ2) is 5.30. The van der Waals surface area contributed by atoms with Gasteiger partial charge in [-0.2, -0.15) is 0 Å². The van der Waals surface area contributed by atoms with Gasteiger partial charge in [-0.05, 0) is 50.2 Å². The van der Waals surface area contributed by atoms with E-state index < -0.39 is 11.4 Å². The molecule has 5 atom stereocenters. The van der Waals surface area contributed by atoms with Crippen LogP contribution in [-0.4, -0.2) is 36.5 Å². The van der Waals surface area contributed by atoms with Gasteiger partial charge in [0.25, 0.3) is 0 Å². The van der Waals surface area contributed by atoms with Crippen LogP contribution in [0.2, 0.25) is 0 Å². The third-order valence-electron chi connectivity index (χ3n) is 6.68. The Kier molecular flexibility index (Phi) is 3.96. The predicted octanol–water partition coefficient (Wildman–Crippen LogP) is 3.39. The maximum absolute atomic E-state index is 11.4. The van der Waals surface area contributed by atoms with Gasteiger partial charge in [0.15, 0.2) is 12.1 Å². The Bertz CT molecular complexity index is 487. The first kappa shape index (κ1) is 16.4. The molecule has 2 fully saturated rings. The van der Waals surface area contributed by atoms with E-state index in [4.69, 9.17) is 14.2 Å². The van der Waals surface area contributed by atoms with Gasteiger partial charge in [-0.1, -0.05) is 20.3 Å². The fourth-order valence-electron chi connectivity index (χ4n) is 4.90. The topological polar surface area (TPSA) is 47.9 Å². The number of rotatable bonds is 3. The maximum atomic E-state index is 11.4. The summed E-state index contributed by atoms with van der Waals surface area (Å²) >= 11 is 0. The molecule has 22 heavy (non-hydrogen) atoms. The fourth-order valence-corrected chi connectivity index (χ4v) is 4.90. The molecule has 126 valence electrons. The number of fused-ring (bicyclic) bond motifs is 2. The number of hydrogen-bond acceptors (Lipinski definition) is 4. The summed E-state index contributed by atoms with van der Waals surface area (Å²) in [5, 5.41) is 11.4. The van der Waals surface area contributed by atoms with E-state index in [1.54, 1.807) is 7.11 Å². The minimum absolute atomic E-state index is 0.117. The lowest BCUT2D eigenvalue weighted by atomic mass is 9.51. The van der Waals surface area contributed by atoms with Gasteiger partial charge in [-0.15, -0.1) is 0 Å². The van der Waals surface area contributed by atoms with Crippen LogP contribution in [-0.2, 0) is 14.2 Å². The lowest BCUT2D eigenvalue weighted by molar-refractivity contribution is -0.299. The Balaban J connectivity index is 2.03. The van der Waals surface area contributed by atoms with E-state index in [1.165, 1.54) is 12.0 Å². The van der Waals surface area contributed by atoms with E-state index in [2.05, 4.69) is 20.8 Å². The molecular weight excluding hydrogens is 280 g/mol. The Morgan fingerprint density at radius 2 is 2.14 bits per heavy atom. The molecule has 0 unspecified atom stereocenters. The Labute approximate surface area is 133 Å². The van der Waals surface area contributed by atoms with Crippen LogP contribution in [0.4, 0.5) is 0 Å². The van der Waals surface area contributed by atoms with Gasteiger partial charge in [-0.3, -0.25) is 0 Å². The standard InChI is InChI=1S/C18H30O4/c1-6-21-15-13(3)14-10-16(4)12(2)8-7-9-17(16,19)11-18(14,20-5)22-15/h12,15,19H,6-11H2,1-5H3/t12-,15+,16+,17-,18-/m0/s1. The Morgan fingerprint density at radius 3 is 2.77 bits per heavy atom. The van der Waals surface area contributed by atoms with Crippen molar-refractivity contribution in [2.75, 3.05) is 13.7 Å². The molecule has 1 aliphatic heterocycles. The van der Waals surface area contributed by atoms with Crippen LogP contribution in [0.25, 0.3) is 0 Å². The zero-order valence-corrected chi connectivity index (χ0v) is 14.6. The molecule has 0 aromatic carbocycles. The second-order valence-electron chi connectivity index (χ2n) is 7.62. The van der Waals surface area contributed by atoms with Gasteiger partial charge in [0.2, 0.25) is 0 Å². The highest BCUT2D eigenvalue weighted by Gasteiger charge is 2.64. The molecule has 1 N–H and O–H groups in total. The first-order valence-electron chi connectivity index (χ1n) is 8.59. The van der Waals surface area contributed by atoms with Gasteiger partial charge in [-0.25, -0.2) is 0 Å². The molecule has 1 heterocycles. The van der Waals surface area contributed by atoms with E-state index in [0.717, 1.165) is 24.8 Å². The summed E-state index contributed by atoms with van der Waals surface area (Å²) in [6.45, 7) is 9.17. The predicted molar refractivity (Wildman–Crippen MR) is 84.2 cm³/mol. The zero-order valence-electron chi connectivity index (χ0n) is 14.6. The Hall–Kier alpha value is -0.420. The lowest BCUT2D eigenvalue weighted by Gasteiger charge is -2.59. The molecule has 0 spiro atoms. The highest BCUT2D eigenvalue weighted by atomic mass is 16.8. The van der Waals surface area contributed by atoms with E-state index in [-0.39, 0.29) is 11.7 Å². The maximum Gasteiger partial charge on any atom is 0.196 e. The van der Waals surface area contributed by atoms with Crippen molar-refractivity contribution >= 4 is 0 Å². The normalized spacial score (nSPS) is 48.3. The van der Waals surface area contributed by atoms with Gasteiger partial charge in [0.1, 0.15) is 0 Å². The molecule has 0 saturated heterocycles. The molecule has 0 aromatic heterocycles. The molecule has 2 saturated carbocycles. The summed E-state index contributed by atoms with van der Waals surface area (Å²) < 4.78 is 17.7. The van der Waals surface area contributed by atoms with Gasteiger partial charge in [0.05, 0.1) is 5.60 Å². The van der Waals surface area contributed by atoms with Crippen LogP contribution < -0.4 is 0 Å². The van der Waals surface area contributed by atoms with Crippen molar-refractivity contribution in [3.05, 3.63) is 11.1 Å². The quantitative estimate of drug-likeness (QED) is 0.812. The van der Waals surface area contributed by atoms with Crippen LogP contribution in [0.1, 0.15) is 59.8 Å². The van der Waals surface area contributed by atoms with Crippen molar-refractivity contribution in [3.8, 4) is 0 Å². The average Bonchev–Trinajstić information content (AvgIpc) is 2.72. The fraction of sp³-hybridized carbons (Fsp3) is 0.889. The first-order chi connectivity index (χ1) is 10.3. The molecule has 0 bridgehead atoms. The van der Waals surface area contributed by atoms with Crippen molar-refractivity contribution in [1.29, 1.82) is 0 Å². The molecular formula is C18H30O4. The first-order valence-corrected chi connectivity index (χ1v) is 8.59. The molecule has 4 nitrogen and oxygen atoms in total. The minimum Gasteiger partial charge on any atom is -0.389 e. The summed E-state index contributed by atoms with van der Waals surface area (Å²) in [6.07, 6.45) is 4.07. The van der Waals surface area contributed by atoms with Crippen molar-refractivity contribution in [2.45, 2.75) is 77.5 Å². The zero-order chi connectivity index (χ0) is 16.2. The third kappa shape index (κ3) is 2.04. The van der Waals surface area contributed by atoms with Crippen molar-refractivity contribution in [2.24, 2.45) is 11.3 Å². The third-order valence-corrected chi connectivity index (χ3v) is 6.68. The molecule has 0 amide bonds. The second-order valence-corrected chi connectivity index (χ2v) is 7.62. The van der Waals surface area contributed by atoms with Crippen molar-refractivity contribution in [1.82, 2.24) is 0 Å². The monoisotopic (exact) mass is 310 g/mol. The van der Waals surface area contributed by atoms with Crippen molar-refractivity contribution in [3.63, 3.8) is 0 Å². The van der Waals surface area contributed by atoms with E-state index in [9.17, 15) is 5.11 Å². The van der Waals surface area contributed by atoms with E-state index in [0.29, 0.717) is 18.9 Å². The Morgan fingerprint density at radius 1 is 1.41 bits per heavy atom. The lowest BCUT2D eigenvalue weighted by Crippen LogP contribution is -2.62. The summed E-state index contributed by atoms with van der Waals surface area (Å²) in [5.41, 5.74) is 1.47. The molecule has 2 aliphatic carbocycles. The average molecular weight is 310 g/mol. The summed E-state index contributed by atoms with van der Waals surface area (Å²) in [6, 6.07) is 0. The number of aliphatic hydroxyl groups is 1. The number of hydrogen-bond donors (Lipinski definition) is 1. The van der Waals surface area contributed by atoms with Gasteiger partial charge < -0.3 is 19.3 Å². The SMILES string of the molecule is CCO[C@@H]1O[C@@]2(OC)C[C@@]3(O)CCC[C@H](C)[C@@]3(C)CC2=C1C. The summed E-state index contributed by atoms with van der Waals surface area (Å²) in [7, 11) is 1.68. The van der Waals surface area contributed by atoms with Crippen molar-refractivity contribution < 1.29 is 19.3 Å². The van der Waals surface area contributed by atoms with Crippen LogP contribution in [0, 0.1) is 11.3 Å².